The number of rotatable bonds is 3. The fourth-order valence-corrected chi connectivity index (χ4v) is 5.97. The summed E-state index contributed by atoms with van der Waals surface area (Å²) in [5.74, 6) is 1.45. The molecule has 2 aromatic heterocycles. The molecule has 182 valence electrons. The average molecular weight is 506 g/mol. The van der Waals surface area contributed by atoms with Gasteiger partial charge in [0.25, 0.3) is 5.56 Å². The summed E-state index contributed by atoms with van der Waals surface area (Å²) in [5.41, 5.74) is 1.28. The Labute approximate surface area is 216 Å². The number of phenols is 1. The number of phenolic OH excluding ortho intramolecular Hbond substituents is 1. The van der Waals surface area contributed by atoms with Crippen LogP contribution in [0.1, 0.15) is 36.5 Å². The van der Waals surface area contributed by atoms with E-state index in [0.717, 1.165) is 48.8 Å². The largest absolute Gasteiger partial charge is 0.507 e. The molecule has 6 rings (SSSR count). The minimum absolute atomic E-state index is 0.0894. The summed E-state index contributed by atoms with van der Waals surface area (Å²) in [6.45, 7) is 0.743. The maximum absolute atomic E-state index is 13.9. The Bertz CT molecular complexity index is 1860. The Hall–Kier alpha value is -4.48. The Morgan fingerprint density at radius 3 is 2.65 bits per heavy atom. The van der Waals surface area contributed by atoms with Gasteiger partial charge in [0.05, 0.1) is 10.2 Å². The maximum atomic E-state index is 13.9. The third-order valence-electron chi connectivity index (χ3n) is 6.72. The van der Waals surface area contributed by atoms with E-state index in [4.69, 9.17) is 0 Å². The number of nitriles is 1. The van der Waals surface area contributed by atoms with Gasteiger partial charge < -0.3 is 9.67 Å². The number of aryl methyl sites for hydroxylation is 1. The fourth-order valence-electron chi connectivity index (χ4n) is 4.89. The van der Waals surface area contributed by atoms with Gasteiger partial charge in [0.1, 0.15) is 27.9 Å². The summed E-state index contributed by atoms with van der Waals surface area (Å²) in [5, 5.41) is 31.6. The van der Waals surface area contributed by atoms with Gasteiger partial charge in [0.2, 0.25) is 0 Å². The van der Waals surface area contributed by atoms with Crippen molar-refractivity contribution in [2.75, 3.05) is 0 Å². The van der Waals surface area contributed by atoms with Crippen molar-refractivity contribution in [3.63, 3.8) is 0 Å². The van der Waals surface area contributed by atoms with E-state index in [-0.39, 0.29) is 11.3 Å². The maximum Gasteiger partial charge on any atom is 0.273 e. The number of nitrogens with zero attached hydrogens (tertiary/aromatic N) is 5. The molecule has 3 aromatic carbocycles. The van der Waals surface area contributed by atoms with Gasteiger partial charge in [0, 0.05) is 18.5 Å². The number of aromatic hydroxyl groups is 1. The Balaban J connectivity index is 1.69. The number of para-hydroxylation sites is 1. The highest BCUT2D eigenvalue weighted by Gasteiger charge is 2.21. The van der Waals surface area contributed by atoms with Crippen molar-refractivity contribution in [3.8, 4) is 17.5 Å². The zero-order valence-electron chi connectivity index (χ0n) is 20.0. The molecule has 0 atom stereocenters. The molecule has 1 aliphatic rings. The van der Waals surface area contributed by atoms with Gasteiger partial charge in [-0.25, -0.2) is 0 Å². The van der Waals surface area contributed by atoms with Crippen LogP contribution in [0.3, 0.4) is 0 Å². The minimum Gasteiger partial charge on any atom is -0.507 e. The second-order valence-electron chi connectivity index (χ2n) is 9.00. The third-order valence-corrected chi connectivity index (χ3v) is 7.81. The van der Waals surface area contributed by atoms with Crippen LogP contribution < -0.4 is 14.8 Å². The van der Waals surface area contributed by atoms with E-state index in [9.17, 15) is 15.2 Å². The number of aromatic nitrogens is 4. The monoisotopic (exact) mass is 505 g/mol. The van der Waals surface area contributed by atoms with Crippen molar-refractivity contribution in [2.45, 2.75) is 32.2 Å². The predicted molar refractivity (Wildman–Crippen MR) is 144 cm³/mol. The lowest BCUT2D eigenvalue weighted by Crippen LogP contribution is -2.31. The van der Waals surface area contributed by atoms with Crippen LogP contribution in [0.5, 0.6) is 5.75 Å². The van der Waals surface area contributed by atoms with Crippen molar-refractivity contribution in [1.29, 1.82) is 5.26 Å². The van der Waals surface area contributed by atoms with Gasteiger partial charge in [-0.05, 0) is 47.9 Å². The summed E-state index contributed by atoms with van der Waals surface area (Å²) in [6, 6.07) is 22.8. The molecular weight excluding hydrogens is 482 g/mol. The number of thiazole rings is 1. The first-order valence-corrected chi connectivity index (χ1v) is 13.0. The number of hydrogen-bond acceptors (Lipinski definition) is 6. The second kappa shape index (κ2) is 9.52. The molecule has 0 spiro atoms. The fraction of sp³-hybridized carbons (Fsp3) is 0.172. The third kappa shape index (κ3) is 4.03. The molecule has 0 saturated carbocycles. The molecular formula is C29H23N5O2S. The first-order chi connectivity index (χ1) is 18.2. The van der Waals surface area contributed by atoms with E-state index in [0.29, 0.717) is 31.8 Å². The smallest absolute Gasteiger partial charge is 0.273 e. The van der Waals surface area contributed by atoms with Crippen LogP contribution in [-0.2, 0) is 13.0 Å². The molecule has 1 aliphatic heterocycles. The summed E-state index contributed by atoms with van der Waals surface area (Å²) in [4.78, 5) is 13.9. The lowest BCUT2D eigenvalue weighted by atomic mass is 10.0. The molecule has 0 aliphatic carbocycles. The van der Waals surface area contributed by atoms with Gasteiger partial charge in [-0.3, -0.25) is 9.36 Å². The summed E-state index contributed by atoms with van der Waals surface area (Å²) >= 11 is 1.22. The minimum atomic E-state index is -0.262. The van der Waals surface area contributed by atoms with Gasteiger partial charge in [-0.15, -0.1) is 21.5 Å². The molecule has 0 radical (unpaired) electrons. The van der Waals surface area contributed by atoms with Crippen molar-refractivity contribution >= 4 is 33.8 Å². The van der Waals surface area contributed by atoms with Crippen LogP contribution in [0, 0.1) is 11.3 Å². The van der Waals surface area contributed by atoms with E-state index in [2.05, 4.69) is 16.3 Å². The highest BCUT2D eigenvalue weighted by molar-refractivity contribution is 7.07. The molecule has 0 amide bonds. The van der Waals surface area contributed by atoms with Crippen LogP contribution in [-0.4, -0.2) is 24.4 Å². The Morgan fingerprint density at radius 1 is 1.00 bits per heavy atom. The molecule has 5 aromatic rings. The predicted octanol–water partition coefficient (Wildman–Crippen LogP) is 3.63. The molecule has 3 heterocycles. The van der Waals surface area contributed by atoms with Gasteiger partial charge in [-0.1, -0.05) is 55.0 Å². The second-order valence-corrected chi connectivity index (χ2v) is 10.0. The Kier molecular flexibility index (Phi) is 5.91. The number of fused-ring (bicyclic) bond motifs is 2. The topological polar surface area (TPSA) is 96.7 Å². The normalized spacial score (nSPS) is 14.7. The standard InChI is InChI=1S/C29H23N5O2S/c30-18-23(27-32-31-26-13-5-2-8-16-33(26)27)29-34(20-10-3-1-4-11-20)28(36)25(37-29)17-22-21-12-7-6-9-19(21)14-15-24(22)35/h1,3-4,6-7,9-12,14-15,17,35H,2,5,8,13,16H2. The van der Waals surface area contributed by atoms with Crippen LogP contribution >= 0.6 is 11.3 Å². The first kappa shape index (κ1) is 23.0. The van der Waals surface area contributed by atoms with Gasteiger partial charge in [-0.2, -0.15) is 5.26 Å². The van der Waals surface area contributed by atoms with Gasteiger partial charge in [0.15, 0.2) is 5.82 Å². The van der Waals surface area contributed by atoms with Crippen LogP contribution in [0.25, 0.3) is 28.1 Å². The molecule has 7 nitrogen and oxygen atoms in total. The van der Waals surface area contributed by atoms with Crippen LogP contribution in [0.15, 0.2) is 71.5 Å². The van der Waals surface area contributed by atoms with Crippen molar-refractivity contribution in [3.05, 3.63) is 103 Å². The van der Waals surface area contributed by atoms with Crippen LogP contribution in [0.2, 0.25) is 0 Å². The summed E-state index contributed by atoms with van der Waals surface area (Å²) in [7, 11) is 0. The highest BCUT2D eigenvalue weighted by Crippen LogP contribution is 2.27. The summed E-state index contributed by atoms with van der Waals surface area (Å²) in [6.07, 6.45) is 5.67. The van der Waals surface area contributed by atoms with E-state index < -0.39 is 0 Å². The van der Waals surface area contributed by atoms with E-state index in [1.165, 1.54) is 11.3 Å². The molecule has 0 bridgehead atoms. The van der Waals surface area contributed by atoms with E-state index in [1.807, 2.05) is 65.2 Å². The SMILES string of the molecule is N#CC(c1nnc2n1CCCCC2)=c1sc(=Cc2c(O)ccc3ccccc23)c(=O)n1-c1ccccc1. The molecule has 1 N–H and O–H groups in total. The van der Waals surface area contributed by atoms with Crippen molar-refractivity contribution < 1.29 is 5.11 Å². The average Bonchev–Trinajstić information content (AvgIpc) is 3.37. The lowest BCUT2D eigenvalue weighted by Gasteiger charge is -2.07. The van der Waals surface area contributed by atoms with E-state index >= 15 is 0 Å². The van der Waals surface area contributed by atoms with Gasteiger partial charge >= 0.3 is 0 Å². The number of benzene rings is 3. The Morgan fingerprint density at radius 2 is 1.81 bits per heavy atom. The zero-order valence-corrected chi connectivity index (χ0v) is 20.8. The molecule has 37 heavy (non-hydrogen) atoms. The van der Waals surface area contributed by atoms with E-state index in [1.54, 1.807) is 16.7 Å². The molecule has 0 unspecified atom stereocenters. The first-order valence-electron chi connectivity index (χ1n) is 12.2. The lowest BCUT2D eigenvalue weighted by molar-refractivity contribution is 0.475. The number of hydrogen-bond donors (Lipinski definition) is 1. The molecule has 8 heteroatoms. The molecule has 0 saturated heterocycles. The quantitative estimate of drug-likeness (QED) is 0.404. The van der Waals surface area contributed by atoms with Crippen LogP contribution in [0.4, 0.5) is 0 Å². The van der Waals surface area contributed by atoms with Crippen molar-refractivity contribution in [2.24, 2.45) is 0 Å². The molecule has 0 fully saturated rings. The summed E-state index contributed by atoms with van der Waals surface area (Å²) < 4.78 is 4.48. The van der Waals surface area contributed by atoms with Crippen molar-refractivity contribution in [1.82, 2.24) is 19.3 Å². The zero-order chi connectivity index (χ0) is 25.4. The highest BCUT2D eigenvalue weighted by atomic mass is 32.1.